The third-order valence-corrected chi connectivity index (χ3v) is 3.83. The van der Waals surface area contributed by atoms with E-state index in [0.29, 0.717) is 17.9 Å². The van der Waals surface area contributed by atoms with Crippen LogP contribution in [0, 0.1) is 0 Å². The van der Waals surface area contributed by atoms with Crippen molar-refractivity contribution >= 4 is 16.9 Å². The first-order valence-corrected chi connectivity index (χ1v) is 8.02. The molecule has 1 amide bonds. The summed E-state index contributed by atoms with van der Waals surface area (Å²) in [6, 6.07) is 15.2. The predicted octanol–water partition coefficient (Wildman–Crippen LogP) is 3.65. The van der Waals surface area contributed by atoms with E-state index in [1.165, 1.54) is 0 Å². The molecule has 2 aromatic carbocycles. The molecular weight excluding hydrogens is 304 g/mol. The molecule has 24 heavy (non-hydrogen) atoms. The van der Waals surface area contributed by atoms with Gasteiger partial charge in [-0.25, -0.2) is 0 Å². The Labute approximate surface area is 140 Å². The van der Waals surface area contributed by atoms with E-state index in [0.717, 1.165) is 16.7 Å². The summed E-state index contributed by atoms with van der Waals surface area (Å²) in [4.78, 5) is 12.3. The van der Waals surface area contributed by atoms with E-state index in [9.17, 15) is 4.79 Å². The highest BCUT2D eigenvalue weighted by molar-refractivity contribution is 5.86. The zero-order valence-corrected chi connectivity index (χ0v) is 13.8. The number of hydrogen-bond acceptors (Lipinski definition) is 4. The zero-order valence-electron chi connectivity index (χ0n) is 13.8. The number of carbonyl (C=O) groups excluding carboxylic acids is 1. The predicted molar refractivity (Wildman–Crippen MR) is 91.9 cm³/mol. The molecule has 1 aromatic heterocycles. The van der Waals surface area contributed by atoms with Gasteiger partial charge in [0.25, 0.3) is 0 Å². The minimum Gasteiger partial charge on any atom is -0.494 e. The summed E-state index contributed by atoms with van der Waals surface area (Å²) in [6.07, 6.45) is 0.187. The van der Waals surface area contributed by atoms with Gasteiger partial charge in [-0.2, -0.15) is 0 Å². The van der Waals surface area contributed by atoms with Crippen LogP contribution in [-0.4, -0.2) is 17.7 Å². The highest BCUT2D eigenvalue weighted by atomic mass is 16.5. The van der Waals surface area contributed by atoms with E-state index >= 15 is 0 Å². The number of fused-ring (bicyclic) bond motifs is 1. The number of benzene rings is 2. The minimum absolute atomic E-state index is 0.0941. The lowest BCUT2D eigenvalue weighted by Crippen LogP contribution is -2.28. The summed E-state index contributed by atoms with van der Waals surface area (Å²) in [7, 11) is 0. The van der Waals surface area contributed by atoms with Crippen molar-refractivity contribution in [2.75, 3.05) is 6.61 Å². The first-order chi connectivity index (χ1) is 11.7. The van der Waals surface area contributed by atoms with Gasteiger partial charge in [-0.05, 0) is 43.7 Å². The van der Waals surface area contributed by atoms with Crippen molar-refractivity contribution in [3.05, 3.63) is 59.8 Å². The van der Waals surface area contributed by atoms with Gasteiger partial charge >= 0.3 is 0 Å². The number of aromatic nitrogens is 1. The van der Waals surface area contributed by atoms with Crippen LogP contribution in [0.15, 0.2) is 53.1 Å². The molecule has 0 bridgehead atoms. The van der Waals surface area contributed by atoms with Crippen LogP contribution in [-0.2, 0) is 11.2 Å². The Balaban J connectivity index is 1.67. The standard InChI is InChI=1S/C19H20N2O3/c1-3-23-15-8-6-7-14(11-15)13(2)20-19(22)12-17-16-9-4-5-10-18(16)24-21-17/h4-11,13H,3,12H2,1-2H3,(H,20,22). The lowest BCUT2D eigenvalue weighted by Gasteiger charge is -2.15. The van der Waals surface area contributed by atoms with Crippen LogP contribution in [0.5, 0.6) is 5.75 Å². The van der Waals surface area contributed by atoms with Gasteiger partial charge in [-0.3, -0.25) is 4.79 Å². The largest absolute Gasteiger partial charge is 0.494 e. The Kier molecular flexibility index (Phi) is 4.79. The van der Waals surface area contributed by atoms with E-state index in [1.54, 1.807) is 0 Å². The number of rotatable bonds is 6. The second kappa shape index (κ2) is 7.17. The first-order valence-electron chi connectivity index (χ1n) is 8.02. The molecular formula is C19H20N2O3. The number of para-hydroxylation sites is 1. The molecule has 3 rings (SSSR count). The highest BCUT2D eigenvalue weighted by Gasteiger charge is 2.15. The second-order valence-corrected chi connectivity index (χ2v) is 5.60. The Morgan fingerprint density at radius 2 is 2.08 bits per heavy atom. The van der Waals surface area contributed by atoms with E-state index < -0.39 is 0 Å². The molecule has 5 nitrogen and oxygen atoms in total. The maximum absolute atomic E-state index is 12.3. The van der Waals surface area contributed by atoms with Crippen molar-refractivity contribution in [3.8, 4) is 5.75 Å². The molecule has 0 radical (unpaired) electrons. The molecule has 1 N–H and O–H groups in total. The van der Waals surface area contributed by atoms with Crippen LogP contribution >= 0.6 is 0 Å². The summed E-state index contributed by atoms with van der Waals surface area (Å²) in [5.74, 6) is 0.710. The Bertz CT molecular complexity index is 841. The third kappa shape index (κ3) is 3.56. The maximum atomic E-state index is 12.3. The van der Waals surface area contributed by atoms with Crippen molar-refractivity contribution in [3.63, 3.8) is 0 Å². The van der Waals surface area contributed by atoms with E-state index in [1.807, 2.05) is 62.4 Å². The van der Waals surface area contributed by atoms with Crippen molar-refractivity contribution in [1.82, 2.24) is 10.5 Å². The van der Waals surface area contributed by atoms with Gasteiger partial charge in [0.05, 0.1) is 19.1 Å². The van der Waals surface area contributed by atoms with E-state index in [2.05, 4.69) is 10.5 Å². The molecule has 1 heterocycles. The van der Waals surface area contributed by atoms with Crippen molar-refractivity contribution in [2.45, 2.75) is 26.3 Å². The highest BCUT2D eigenvalue weighted by Crippen LogP contribution is 2.21. The molecule has 5 heteroatoms. The fraction of sp³-hybridized carbons (Fsp3) is 0.263. The third-order valence-electron chi connectivity index (χ3n) is 3.83. The molecule has 0 saturated heterocycles. The van der Waals surface area contributed by atoms with Gasteiger partial charge in [0.15, 0.2) is 5.58 Å². The van der Waals surface area contributed by atoms with Gasteiger partial charge in [0.2, 0.25) is 5.91 Å². The lowest BCUT2D eigenvalue weighted by atomic mass is 10.1. The normalized spacial score (nSPS) is 12.1. The Hall–Kier alpha value is -2.82. The number of nitrogens with zero attached hydrogens (tertiary/aromatic N) is 1. The summed E-state index contributed by atoms with van der Waals surface area (Å²) >= 11 is 0. The molecule has 0 aliphatic carbocycles. The van der Waals surface area contributed by atoms with Crippen molar-refractivity contribution in [2.24, 2.45) is 0 Å². The minimum atomic E-state index is -0.115. The van der Waals surface area contributed by atoms with E-state index in [4.69, 9.17) is 9.26 Å². The molecule has 3 aromatic rings. The van der Waals surface area contributed by atoms with Crippen LogP contribution in [0.25, 0.3) is 11.0 Å². The van der Waals surface area contributed by atoms with Crippen LogP contribution < -0.4 is 10.1 Å². The topological polar surface area (TPSA) is 64.4 Å². The number of hydrogen-bond donors (Lipinski definition) is 1. The van der Waals surface area contributed by atoms with Gasteiger partial charge in [-0.1, -0.05) is 29.4 Å². The van der Waals surface area contributed by atoms with Crippen molar-refractivity contribution in [1.29, 1.82) is 0 Å². The number of nitrogens with one attached hydrogen (secondary N) is 1. The molecule has 124 valence electrons. The molecule has 1 unspecified atom stereocenters. The Morgan fingerprint density at radius 1 is 1.25 bits per heavy atom. The maximum Gasteiger partial charge on any atom is 0.226 e. The van der Waals surface area contributed by atoms with Crippen LogP contribution in [0.2, 0.25) is 0 Å². The van der Waals surface area contributed by atoms with Gasteiger partial charge in [0, 0.05) is 5.39 Å². The summed E-state index contributed by atoms with van der Waals surface area (Å²) in [5.41, 5.74) is 2.34. The molecule has 0 fully saturated rings. The average Bonchev–Trinajstić information content (AvgIpc) is 2.98. The number of ether oxygens (including phenoxy) is 1. The number of carbonyl (C=O) groups is 1. The fourth-order valence-corrected chi connectivity index (χ4v) is 2.63. The monoisotopic (exact) mass is 324 g/mol. The summed E-state index contributed by atoms with van der Waals surface area (Å²) < 4.78 is 10.7. The molecule has 0 aliphatic rings. The van der Waals surface area contributed by atoms with Crippen molar-refractivity contribution < 1.29 is 14.1 Å². The average molecular weight is 324 g/mol. The summed E-state index contributed by atoms with van der Waals surface area (Å²) in [6.45, 7) is 4.51. The van der Waals surface area contributed by atoms with E-state index in [-0.39, 0.29) is 18.4 Å². The number of amides is 1. The smallest absolute Gasteiger partial charge is 0.226 e. The SMILES string of the molecule is CCOc1cccc(C(C)NC(=O)Cc2noc3ccccc23)c1. The molecule has 0 aliphatic heterocycles. The van der Waals surface area contributed by atoms with Gasteiger partial charge in [0.1, 0.15) is 11.4 Å². The van der Waals surface area contributed by atoms with Crippen LogP contribution in [0.1, 0.15) is 31.1 Å². The molecule has 1 atom stereocenters. The zero-order chi connectivity index (χ0) is 16.9. The first kappa shape index (κ1) is 16.1. The van der Waals surface area contributed by atoms with Crippen LogP contribution in [0.4, 0.5) is 0 Å². The lowest BCUT2D eigenvalue weighted by molar-refractivity contribution is -0.121. The Morgan fingerprint density at radius 3 is 2.92 bits per heavy atom. The van der Waals surface area contributed by atoms with Gasteiger partial charge < -0.3 is 14.6 Å². The quantitative estimate of drug-likeness (QED) is 0.752. The fourth-order valence-electron chi connectivity index (χ4n) is 2.63. The summed E-state index contributed by atoms with van der Waals surface area (Å²) in [5, 5.41) is 7.86. The van der Waals surface area contributed by atoms with Crippen LogP contribution in [0.3, 0.4) is 0 Å². The molecule has 0 spiro atoms. The van der Waals surface area contributed by atoms with Gasteiger partial charge in [-0.15, -0.1) is 0 Å². The molecule has 0 saturated carbocycles. The second-order valence-electron chi connectivity index (χ2n) is 5.60.